The van der Waals surface area contributed by atoms with Crippen molar-refractivity contribution in [1.29, 1.82) is 0 Å². The van der Waals surface area contributed by atoms with Crippen LogP contribution in [0.4, 0.5) is 0 Å². The first-order chi connectivity index (χ1) is 8.65. The van der Waals surface area contributed by atoms with Crippen LogP contribution in [0.25, 0.3) is 0 Å². The molecule has 1 amide bonds. The molecule has 0 aromatic heterocycles. The fourth-order valence-corrected chi connectivity index (χ4v) is 3.34. The maximum atomic E-state index is 12.1. The number of hydrogen-bond acceptors (Lipinski definition) is 3. The lowest BCUT2D eigenvalue weighted by molar-refractivity contribution is -0.123. The fourth-order valence-electron chi connectivity index (χ4n) is 2.60. The molecular formula is C14H26N2OS. The van der Waals surface area contributed by atoms with Crippen LogP contribution in [0.15, 0.2) is 0 Å². The van der Waals surface area contributed by atoms with Gasteiger partial charge in [-0.1, -0.05) is 19.3 Å². The summed E-state index contributed by atoms with van der Waals surface area (Å²) < 4.78 is 0.430. The van der Waals surface area contributed by atoms with E-state index in [2.05, 4.69) is 16.9 Å². The molecule has 0 aromatic carbocycles. The molecule has 0 saturated heterocycles. The van der Waals surface area contributed by atoms with Crippen molar-refractivity contribution in [2.24, 2.45) is 0 Å². The van der Waals surface area contributed by atoms with Crippen LogP contribution in [0.2, 0.25) is 0 Å². The highest BCUT2D eigenvalue weighted by atomic mass is 32.2. The summed E-state index contributed by atoms with van der Waals surface area (Å²) in [4.78, 5) is 12.1. The zero-order valence-electron chi connectivity index (χ0n) is 11.6. The molecule has 0 aromatic rings. The number of nitrogens with one attached hydrogen (secondary N) is 2. The van der Waals surface area contributed by atoms with Crippen LogP contribution in [0.1, 0.15) is 51.9 Å². The molecule has 4 heteroatoms. The van der Waals surface area contributed by atoms with Crippen LogP contribution in [0, 0.1) is 0 Å². The van der Waals surface area contributed by atoms with Crippen LogP contribution in [0.3, 0.4) is 0 Å². The summed E-state index contributed by atoms with van der Waals surface area (Å²) in [6.45, 7) is 2.95. The Bertz CT molecular complexity index is 286. The van der Waals surface area contributed by atoms with Crippen LogP contribution in [-0.4, -0.2) is 35.5 Å². The van der Waals surface area contributed by atoms with Gasteiger partial charge in [-0.2, -0.15) is 11.8 Å². The number of carbonyl (C=O) groups excluding carboxylic acids is 1. The number of carbonyl (C=O) groups is 1. The van der Waals surface area contributed by atoms with Gasteiger partial charge in [0.2, 0.25) is 5.91 Å². The summed E-state index contributed by atoms with van der Waals surface area (Å²) in [6, 6.07) is 0.363. The Morgan fingerprint density at radius 3 is 2.56 bits per heavy atom. The van der Waals surface area contributed by atoms with Crippen molar-refractivity contribution in [3.63, 3.8) is 0 Å². The Morgan fingerprint density at radius 1 is 1.33 bits per heavy atom. The first kappa shape index (κ1) is 14.2. The van der Waals surface area contributed by atoms with E-state index in [0.29, 0.717) is 10.8 Å². The smallest absolute Gasteiger partial charge is 0.237 e. The van der Waals surface area contributed by atoms with Crippen molar-refractivity contribution >= 4 is 17.7 Å². The molecule has 2 N–H and O–H groups in total. The van der Waals surface area contributed by atoms with Crippen LogP contribution in [-0.2, 0) is 4.79 Å². The van der Waals surface area contributed by atoms with E-state index in [1.807, 2.05) is 18.7 Å². The van der Waals surface area contributed by atoms with E-state index in [0.717, 1.165) is 19.4 Å². The molecule has 2 fully saturated rings. The zero-order valence-corrected chi connectivity index (χ0v) is 12.4. The fraction of sp³-hybridized carbons (Fsp3) is 0.929. The Labute approximate surface area is 115 Å². The standard InChI is InChI=1S/C14H26N2OS/c1-11(15-10-14(18-2)8-9-14)13(17)16-12-6-4-3-5-7-12/h11-12,15H,3-10H2,1-2H3,(H,16,17). The second-order valence-electron chi connectivity index (χ2n) is 5.83. The lowest BCUT2D eigenvalue weighted by Crippen LogP contribution is -2.48. The van der Waals surface area contributed by atoms with Gasteiger partial charge < -0.3 is 10.6 Å². The first-order valence-corrected chi connectivity index (χ1v) is 8.47. The normalized spacial score (nSPS) is 24.6. The third kappa shape index (κ3) is 3.89. The molecule has 2 aliphatic carbocycles. The minimum atomic E-state index is -0.0587. The van der Waals surface area contributed by atoms with Crippen molar-refractivity contribution in [2.75, 3.05) is 12.8 Å². The Balaban J connectivity index is 1.67. The maximum absolute atomic E-state index is 12.1. The number of thioether (sulfide) groups is 1. The van der Waals surface area contributed by atoms with Crippen LogP contribution >= 0.6 is 11.8 Å². The van der Waals surface area contributed by atoms with Crippen molar-refractivity contribution in [2.45, 2.75) is 68.7 Å². The topological polar surface area (TPSA) is 41.1 Å². The van der Waals surface area contributed by atoms with E-state index in [1.165, 1.54) is 32.1 Å². The van der Waals surface area contributed by atoms with Crippen molar-refractivity contribution in [3.8, 4) is 0 Å². The summed E-state index contributed by atoms with van der Waals surface area (Å²) in [5.41, 5.74) is 0. The van der Waals surface area contributed by atoms with Crippen LogP contribution < -0.4 is 10.6 Å². The van der Waals surface area contributed by atoms with E-state index < -0.39 is 0 Å². The van der Waals surface area contributed by atoms with E-state index in [9.17, 15) is 4.79 Å². The van der Waals surface area contributed by atoms with Gasteiger partial charge in [0, 0.05) is 17.3 Å². The summed E-state index contributed by atoms with van der Waals surface area (Å²) in [5.74, 6) is 0.179. The highest BCUT2D eigenvalue weighted by molar-refractivity contribution is 8.00. The lowest BCUT2D eigenvalue weighted by atomic mass is 9.95. The van der Waals surface area contributed by atoms with Gasteiger partial charge >= 0.3 is 0 Å². The Morgan fingerprint density at radius 2 is 2.00 bits per heavy atom. The summed E-state index contributed by atoms with van der Waals surface area (Å²) in [5, 5.41) is 6.58. The number of amides is 1. The van der Waals surface area contributed by atoms with E-state index in [4.69, 9.17) is 0 Å². The third-order valence-corrected chi connectivity index (χ3v) is 5.73. The molecule has 1 unspecified atom stereocenters. The molecule has 0 heterocycles. The molecule has 1 atom stereocenters. The molecule has 18 heavy (non-hydrogen) atoms. The largest absolute Gasteiger partial charge is 0.352 e. The second kappa shape index (κ2) is 6.29. The van der Waals surface area contributed by atoms with Gasteiger partial charge in [0.05, 0.1) is 6.04 Å². The summed E-state index contributed by atoms with van der Waals surface area (Å²) in [6.07, 6.45) is 10.9. The lowest BCUT2D eigenvalue weighted by Gasteiger charge is -2.25. The van der Waals surface area contributed by atoms with Gasteiger partial charge in [-0.25, -0.2) is 0 Å². The number of hydrogen-bond donors (Lipinski definition) is 2. The molecule has 0 radical (unpaired) electrons. The minimum absolute atomic E-state index is 0.0587. The third-order valence-electron chi connectivity index (χ3n) is 4.32. The molecule has 0 bridgehead atoms. The van der Waals surface area contributed by atoms with E-state index in [-0.39, 0.29) is 11.9 Å². The molecule has 0 spiro atoms. The molecule has 2 saturated carbocycles. The average Bonchev–Trinajstić information content (AvgIpc) is 3.18. The van der Waals surface area contributed by atoms with Gasteiger partial charge in [-0.05, 0) is 38.9 Å². The quantitative estimate of drug-likeness (QED) is 0.778. The average molecular weight is 270 g/mol. The van der Waals surface area contributed by atoms with Crippen molar-refractivity contribution in [3.05, 3.63) is 0 Å². The molecule has 0 aliphatic heterocycles. The molecular weight excluding hydrogens is 244 g/mol. The van der Waals surface area contributed by atoms with E-state index in [1.54, 1.807) is 0 Å². The summed E-state index contributed by atoms with van der Waals surface area (Å²) in [7, 11) is 0. The molecule has 3 nitrogen and oxygen atoms in total. The van der Waals surface area contributed by atoms with Gasteiger partial charge in [-0.3, -0.25) is 4.79 Å². The van der Waals surface area contributed by atoms with Gasteiger partial charge in [0.25, 0.3) is 0 Å². The highest BCUT2D eigenvalue weighted by Gasteiger charge is 2.41. The van der Waals surface area contributed by atoms with E-state index >= 15 is 0 Å². The minimum Gasteiger partial charge on any atom is -0.352 e. The van der Waals surface area contributed by atoms with Crippen LogP contribution in [0.5, 0.6) is 0 Å². The molecule has 2 rings (SSSR count). The molecule has 104 valence electrons. The van der Waals surface area contributed by atoms with Crippen molar-refractivity contribution < 1.29 is 4.79 Å². The SMILES string of the molecule is CSC1(CNC(C)C(=O)NC2CCCCC2)CC1. The maximum Gasteiger partial charge on any atom is 0.237 e. The van der Waals surface area contributed by atoms with Crippen molar-refractivity contribution in [1.82, 2.24) is 10.6 Å². The first-order valence-electron chi connectivity index (χ1n) is 7.24. The number of rotatable bonds is 6. The zero-order chi connectivity index (χ0) is 13.0. The second-order valence-corrected chi connectivity index (χ2v) is 7.11. The van der Waals surface area contributed by atoms with Gasteiger partial charge in [0.15, 0.2) is 0 Å². The highest BCUT2D eigenvalue weighted by Crippen LogP contribution is 2.46. The van der Waals surface area contributed by atoms with Gasteiger partial charge in [-0.15, -0.1) is 0 Å². The Kier molecular flexibility index (Phi) is 4.96. The Hall–Kier alpha value is -0.220. The molecule has 2 aliphatic rings. The predicted molar refractivity (Wildman–Crippen MR) is 78.0 cm³/mol. The monoisotopic (exact) mass is 270 g/mol. The predicted octanol–water partition coefficient (Wildman–Crippen LogP) is 2.31. The van der Waals surface area contributed by atoms with Gasteiger partial charge in [0.1, 0.15) is 0 Å². The summed E-state index contributed by atoms with van der Waals surface area (Å²) >= 11 is 1.93.